The Balaban J connectivity index is 2.31. The van der Waals surface area contributed by atoms with Gasteiger partial charge in [-0.1, -0.05) is 31.5 Å². The maximum Gasteiger partial charge on any atom is 0.330 e. The first-order chi connectivity index (χ1) is 9.97. The Kier molecular flexibility index (Phi) is 7.54. The molecule has 0 bridgehead atoms. The number of carbonyl (C=O) groups excluding carboxylic acids is 2. The molecule has 0 heterocycles. The summed E-state index contributed by atoms with van der Waals surface area (Å²) in [6.07, 6.45) is 4.10. The van der Waals surface area contributed by atoms with Gasteiger partial charge in [0.25, 0.3) is 0 Å². The summed E-state index contributed by atoms with van der Waals surface area (Å²) in [6.45, 7) is 4.60. The van der Waals surface area contributed by atoms with E-state index < -0.39 is 11.9 Å². The smallest absolute Gasteiger partial charge is 0.330 e. The Bertz CT molecular complexity index is 512. The highest BCUT2D eigenvalue weighted by atomic mass is 35.5. The lowest BCUT2D eigenvalue weighted by molar-refractivity contribution is -0.138. The topological polar surface area (TPSA) is 55.4 Å². The average molecular weight is 310 g/mol. The zero-order chi connectivity index (χ0) is 15.7. The van der Waals surface area contributed by atoms with Gasteiger partial charge in [0.2, 0.25) is 5.91 Å². The fourth-order valence-corrected chi connectivity index (χ4v) is 1.80. The number of halogens is 1. The number of benzene rings is 1. The summed E-state index contributed by atoms with van der Waals surface area (Å²) in [6, 6.07) is 6.77. The largest absolute Gasteiger partial charge is 0.463 e. The van der Waals surface area contributed by atoms with Gasteiger partial charge in [0.1, 0.15) is 0 Å². The summed E-state index contributed by atoms with van der Waals surface area (Å²) in [5.41, 5.74) is 0.572. The van der Waals surface area contributed by atoms with Crippen molar-refractivity contribution in [1.82, 2.24) is 0 Å². The summed E-state index contributed by atoms with van der Waals surface area (Å²) < 4.78 is 4.99. The lowest BCUT2D eigenvalue weighted by Gasteiger charge is -2.04. The molecule has 1 rings (SSSR count). The Morgan fingerprint density at radius 1 is 1.33 bits per heavy atom. The van der Waals surface area contributed by atoms with Crippen molar-refractivity contribution >= 4 is 29.2 Å². The van der Waals surface area contributed by atoms with Gasteiger partial charge in [0.15, 0.2) is 0 Å². The molecule has 0 aliphatic heterocycles. The normalized spacial score (nSPS) is 10.9. The Morgan fingerprint density at radius 2 is 2.10 bits per heavy atom. The lowest BCUT2D eigenvalue weighted by Crippen LogP contribution is -2.10. The molecular formula is C16H20ClNO3. The van der Waals surface area contributed by atoms with Crippen molar-refractivity contribution in [2.75, 3.05) is 11.9 Å². The van der Waals surface area contributed by atoms with Gasteiger partial charge < -0.3 is 10.1 Å². The molecule has 114 valence electrons. The van der Waals surface area contributed by atoms with E-state index in [4.69, 9.17) is 16.3 Å². The highest BCUT2D eigenvalue weighted by Crippen LogP contribution is 2.14. The first kappa shape index (κ1) is 17.2. The van der Waals surface area contributed by atoms with Crippen molar-refractivity contribution in [1.29, 1.82) is 0 Å². The van der Waals surface area contributed by atoms with E-state index in [1.807, 2.05) is 0 Å². The predicted octanol–water partition coefficient (Wildman–Crippen LogP) is 3.81. The molecule has 0 spiro atoms. The van der Waals surface area contributed by atoms with E-state index in [-0.39, 0.29) is 0 Å². The molecule has 1 amide bonds. The number of amides is 1. The van der Waals surface area contributed by atoms with Crippen molar-refractivity contribution in [2.45, 2.75) is 26.7 Å². The zero-order valence-electron chi connectivity index (χ0n) is 12.3. The van der Waals surface area contributed by atoms with E-state index in [0.717, 1.165) is 25.0 Å². The van der Waals surface area contributed by atoms with Crippen LogP contribution in [0, 0.1) is 5.92 Å². The molecular weight excluding hydrogens is 290 g/mol. The van der Waals surface area contributed by atoms with Gasteiger partial charge in [-0.05, 0) is 37.0 Å². The van der Waals surface area contributed by atoms with Crippen LogP contribution >= 0.6 is 11.6 Å². The number of esters is 1. The molecule has 1 aromatic carbocycles. The fraction of sp³-hybridized carbons (Fsp3) is 0.375. The zero-order valence-corrected chi connectivity index (χ0v) is 13.0. The van der Waals surface area contributed by atoms with Crippen LogP contribution in [0.4, 0.5) is 5.69 Å². The second kappa shape index (κ2) is 9.19. The van der Waals surface area contributed by atoms with Crippen LogP contribution < -0.4 is 5.32 Å². The maximum atomic E-state index is 11.6. The van der Waals surface area contributed by atoms with Crippen LogP contribution in [0.15, 0.2) is 36.4 Å². The molecule has 0 saturated heterocycles. The first-order valence-corrected chi connectivity index (χ1v) is 7.26. The van der Waals surface area contributed by atoms with Gasteiger partial charge in [-0.15, -0.1) is 0 Å². The second-order valence-electron chi connectivity index (χ2n) is 5.04. The maximum absolute atomic E-state index is 11.6. The summed E-state index contributed by atoms with van der Waals surface area (Å²) in [7, 11) is 0. The minimum absolute atomic E-state index is 0.372. The van der Waals surface area contributed by atoms with Crippen molar-refractivity contribution in [2.24, 2.45) is 5.92 Å². The minimum atomic E-state index is -0.514. The molecule has 1 N–H and O–H groups in total. The number of anilines is 1. The SMILES string of the molecule is CC(C)CCCOC(=O)/C=C/C(=O)Nc1cccc(Cl)c1. The van der Waals surface area contributed by atoms with Crippen molar-refractivity contribution in [3.05, 3.63) is 41.4 Å². The quantitative estimate of drug-likeness (QED) is 0.473. The van der Waals surface area contributed by atoms with Crippen LogP contribution in [0.5, 0.6) is 0 Å². The van der Waals surface area contributed by atoms with Crippen molar-refractivity contribution < 1.29 is 14.3 Å². The molecule has 0 saturated carbocycles. The van der Waals surface area contributed by atoms with Gasteiger partial charge in [0.05, 0.1) is 6.61 Å². The lowest BCUT2D eigenvalue weighted by atomic mass is 10.1. The molecule has 5 heteroatoms. The Hall–Kier alpha value is -1.81. The molecule has 0 radical (unpaired) electrons. The van der Waals surface area contributed by atoms with Crippen molar-refractivity contribution in [3.8, 4) is 0 Å². The Labute approximate surface area is 130 Å². The number of nitrogens with one attached hydrogen (secondary N) is 1. The molecule has 0 aromatic heterocycles. The predicted molar refractivity (Wildman–Crippen MR) is 84.3 cm³/mol. The standard InChI is InChI=1S/C16H20ClNO3/c1-12(2)5-4-10-21-16(20)9-8-15(19)18-14-7-3-6-13(17)11-14/h3,6-9,11-12H,4-5,10H2,1-2H3,(H,18,19)/b9-8+. The summed E-state index contributed by atoms with van der Waals surface area (Å²) in [5, 5.41) is 3.13. The molecule has 0 aliphatic carbocycles. The van der Waals surface area contributed by atoms with Gasteiger partial charge in [-0.25, -0.2) is 4.79 Å². The molecule has 0 unspecified atom stereocenters. The van der Waals surface area contributed by atoms with Crippen molar-refractivity contribution in [3.63, 3.8) is 0 Å². The first-order valence-electron chi connectivity index (χ1n) is 6.89. The van der Waals surface area contributed by atoms with Crippen LogP contribution in [0.2, 0.25) is 5.02 Å². The number of carbonyl (C=O) groups is 2. The fourth-order valence-electron chi connectivity index (χ4n) is 1.61. The minimum Gasteiger partial charge on any atom is -0.463 e. The van der Waals surface area contributed by atoms with Crippen LogP contribution in [-0.2, 0) is 14.3 Å². The van der Waals surface area contributed by atoms with E-state index >= 15 is 0 Å². The number of hydrogen-bond acceptors (Lipinski definition) is 3. The third-order valence-corrected chi connectivity index (χ3v) is 2.87. The summed E-state index contributed by atoms with van der Waals surface area (Å²) >= 11 is 5.81. The van der Waals surface area contributed by atoms with Gasteiger partial charge in [-0.3, -0.25) is 4.79 Å². The number of ether oxygens (including phenoxy) is 1. The number of hydrogen-bond donors (Lipinski definition) is 1. The van der Waals surface area contributed by atoms with E-state index in [1.54, 1.807) is 24.3 Å². The highest BCUT2D eigenvalue weighted by Gasteiger charge is 2.02. The molecule has 1 aromatic rings. The number of rotatable bonds is 7. The molecule has 0 aliphatic rings. The molecule has 4 nitrogen and oxygen atoms in total. The van der Waals surface area contributed by atoms with E-state index in [0.29, 0.717) is 23.2 Å². The molecule has 0 atom stereocenters. The van der Waals surface area contributed by atoms with Crippen LogP contribution in [0.25, 0.3) is 0 Å². The van der Waals surface area contributed by atoms with E-state index in [9.17, 15) is 9.59 Å². The Morgan fingerprint density at radius 3 is 2.76 bits per heavy atom. The second-order valence-corrected chi connectivity index (χ2v) is 5.47. The van der Waals surface area contributed by atoms with Gasteiger partial charge >= 0.3 is 5.97 Å². The van der Waals surface area contributed by atoms with Crippen LogP contribution in [0.1, 0.15) is 26.7 Å². The van der Waals surface area contributed by atoms with Gasteiger partial charge in [0, 0.05) is 22.9 Å². The van der Waals surface area contributed by atoms with Crippen LogP contribution in [-0.4, -0.2) is 18.5 Å². The third kappa shape index (κ3) is 8.15. The highest BCUT2D eigenvalue weighted by molar-refractivity contribution is 6.30. The third-order valence-electron chi connectivity index (χ3n) is 2.63. The summed E-state index contributed by atoms with van der Waals surface area (Å²) in [5.74, 6) is -0.334. The molecule has 21 heavy (non-hydrogen) atoms. The monoisotopic (exact) mass is 309 g/mol. The van der Waals surface area contributed by atoms with Crippen LogP contribution in [0.3, 0.4) is 0 Å². The summed E-state index contributed by atoms with van der Waals surface area (Å²) in [4.78, 5) is 23.0. The van der Waals surface area contributed by atoms with E-state index in [2.05, 4.69) is 19.2 Å². The molecule has 0 fully saturated rings. The van der Waals surface area contributed by atoms with E-state index in [1.165, 1.54) is 0 Å². The average Bonchev–Trinajstić information content (AvgIpc) is 2.41. The van der Waals surface area contributed by atoms with Gasteiger partial charge in [-0.2, -0.15) is 0 Å².